The van der Waals surface area contributed by atoms with E-state index in [9.17, 15) is 4.79 Å². The van der Waals surface area contributed by atoms with Crippen LogP contribution in [0.5, 0.6) is 11.5 Å². The van der Waals surface area contributed by atoms with Gasteiger partial charge in [0, 0.05) is 35.3 Å². The van der Waals surface area contributed by atoms with Gasteiger partial charge in [0.1, 0.15) is 18.1 Å². The third kappa shape index (κ3) is 4.63. The average molecular weight is 400 g/mol. The first-order chi connectivity index (χ1) is 14.7. The molecule has 0 spiro atoms. The van der Waals surface area contributed by atoms with Gasteiger partial charge in [-0.3, -0.25) is 4.79 Å². The average Bonchev–Trinajstić information content (AvgIpc) is 3.20. The summed E-state index contributed by atoms with van der Waals surface area (Å²) in [5.74, 6) is 1.47. The van der Waals surface area contributed by atoms with Gasteiger partial charge in [0.15, 0.2) is 0 Å². The van der Waals surface area contributed by atoms with Crippen molar-refractivity contribution >= 4 is 16.8 Å². The minimum atomic E-state index is -0.0888. The molecule has 0 unspecified atom stereocenters. The maximum absolute atomic E-state index is 12.3. The SMILES string of the molecule is COc1ccc(C(=O)NCCc2c[nH]c3cc(OCc4ccccc4)ccc23)cc1. The standard InChI is InChI=1S/C25H24N2O3/c1-29-21-9-7-19(8-10-21)25(28)26-14-13-20-16-27-24-15-22(11-12-23(20)24)30-17-18-5-3-2-4-6-18/h2-12,15-16,27H,13-14,17H2,1H3,(H,26,28). The summed E-state index contributed by atoms with van der Waals surface area (Å²) in [5.41, 5.74) is 3.94. The Kier molecular flexibility index (Phi) is 5.99. The summed E-state index contributed by atoms with van der Waals surface area (Å²) in [7, 11) is 1.61. The Bertz CT molecular complexity index is 1120. The minimum absolute atomic E-state index is 0.0888. The molecule has 4 aromatic rings. The van der Waals surface area contributed by atoms with Crippen molar-refractivity contribution in [2.24, 2.45) is 0 Å². The van der Waals surface area contributed by atoms with E-state index in [-0.39, 0.29) is 5.91 Å². The van der Waals surface area contributed by atoms with Gasteiger partial charge in [-0.2, -0.15) is 0 Å². The van der Waals surface area contributed by atoms with E-state index in [0.717, 1.165) is 39.9 Å². The Morgan fingerprint density at radius 1 is 0.967 bits per heavy atom. The van der Waals surface area contributed by atoms with Crippen molar-refractivity contribution in [2.45, 2.75) is 13.0 Å². The van der Waals surface area contributed by atoms with Crippen LogP contribution in [0.2, 0.25) is 0 Å². The fourth-order valence-corrected chi connectivity index (χ4v) is 3.36. The largest absolute Gasteiger partial charge is 0.497 e. The van der Waals surface area contributed by atoms with Crippen molar-refractivity contribution in [1.29, 1.82) is 0 Å². The molecule has 0 radical (unpaired) electrons. The summed E-state index contributed by atoms with van der Waals surface area (Å²) in [6, 6.07) is 23.3. The molecule has 0 saturated carbocycles. The highest BCUT2D eigenvalue weighted by molar-refractivity contribution is 5.94. The van der Waals surface area contributed by atoms with Crippen LogP contribution in [0.4, 0.5) is 0 Å². The molecular weight excluding hydrogens is 376 g/mol. The lowest BCUT2D eigenvalue weighted by atomic mass is 10.1. The van der Waals surface area contributed by atoms with Gasteiger partial charge in [-0.1, -0.05) is 30.3 Å². The molecule has 4 rings (SSSR count). The number of H-pyrrole nitrogens is 1. The molecule has 0 bridgehead atoms. The van der Waals surface area contributed by atoms with E-state index in [1.807, 2.05) is 48.7 Å². The first-order valence-corrected chi connectivity index (χ1v) is 9.92. The summed E-state index contributed by atoms with van der Waals surface area (Å²) in [6.45, 7) is 1.10. The number of hydrogen-bond donors (Lipinski definition) is 2. The first kappa shape index (κ1) is 19.6. The number of methoxy groups -OCH3 is 1. The predicted molar refractivity (Wildman–Crippen MR) is 118 cm³/mol. The number of amides is 1. The minimum Gasteiger partial charge on any atom is -0.497 e. The van der Waals surface area contributed by atoms with Gasteiger partial charge in [-0.15, -0.1) is 0 Å². The zero-order valence-corrected chi connectivity index (χ0v) is 16.9. The summed E-state index contributed by atoms with van der Waals surface area (Å²) in [4.78, 5) is 15.6. The van der Waals surface area contributed by atoms with E-state index in [0.29, 0.717) is 18.7 Å². The molecule has 152 valence electrons. The van der Waals surface area contributed by atoms with E-state index < -0.39 is 0 Å². The number of nitrogens with one attached hydrogen (secondary N) is 2. The molecule has 0 aliphatic heterocycles. The van der Waals surface area contributed by atoms with Crippen molar-refractivity contribution in [1.82, 2.24) is 10.3 Å². The smallest absolute Gasteiger partial charge is 0.251 e. The van der Waals surface area contributed by atoms with Gasteiger partial charge >= 0.3 is 0 Å². The van der Waals surface area contributed by atoms with Crippen molar-refractivity contribution in [3.8, 4) is 11.5 Å². The van der Waals surface area contributed by atoms with Crippen LogP contribution in [0.1, 0.15) is 21.5 Å². The Hall–Kier alpha value is -3.73. The topological polar surface area (TPSA) is 63.3 Å². The molecule has 0 aliphatic carbocycles. The quantitative estimate of drug-likeness (QED) is 0.450. The van der Waals surface area contributed by atoms with Crippen molar-refractivity contribution in [3.05, 3.63) is 95.7 Å². The molecule has 1 heterocycles. The number of ether oxygens (including phenoxy) is 2. The van der Waals surface area contributed by atoms with Crippen LogP contribution in [0, 0.1) is 0 Å². The molecule has 5 heteroatoms. The predicted octanol–water partition coefficient (Wildman–Crippen LogP) is 4.73. The molecule has 0 atom stereocenters. The van der Waals surface area contributed by atoms with Gasteiger partial charge in [-0.05, 0) is 53.9 Å². The monoisotopic (exact) mass is 400 g/mol. The third-order valence-corrected chi connectivity index (χ3v) is 5.02. The first-order valence-electron chi connectivity index (χ1n) is 9.92. The molecule has 3 aromatic carbocycles. The highest BCUT2D eigenvalue weighted by atomic mass is 16.5. The highest BCUT2D eigenvalue weighted by Gasteiger charge is 2.08. The van der Waals surface area contributed by atoms with E-state index in [1.54, 1.807) is 31.4 Å². The number of carbonyl (C=O) groups is 1. The Labute approximate surface area is 175 Å². The number of hydrogen-bond acceptors (Lipinski definition) is 3. The Morgan fingerprint density at radius 3 is 2.50 bits per heavy atom. The van der Waals surface area contributed by atoms with Gasteiger partial charge in [-0.25, -0.2) is 0 Å². The highest BCUT2D eigenvalue weighted by Crippen LogP contribution is 2.24. The number of rotatable bonds is 8. The number of fused-ring (bicyclic) bond motifs is 1. The van der Waals surface area contributed by atoms with Crippen molar-refractivity contribution in [3.63, 3.8) is 0 Å². The third-order valence-electron chi connectivity index (χ3n) is 5.02. The maximum Gasteiger partial charge on any atom is 0.251 e. The van der Waals surface area contributed by atoms with Crippen LogP contribution in [0.3, 0.4) is 0 Å². The van der Waals surface area contributed by atoms with E-state index >= 15 is 0 Å². The van der Waals surface area contributed by atoms with Gasteiger partial charge in [0.2, 0.25) is 0 Å². The van der Waals surface area contributed by atoms with Crippen LogP contribution in [0.15, 0.2) is 79.0 Å². The van der Waals surface area contributed by atoms with Gasteiger partial charge < -0.3 is 19.8 Å². The molecule has 0 fully saturated rings. The summed E-state index contributed by atoms with van der Waals surface area (Å²) in [5, 5.41) is 4.11. The van der Waals surface area contributed by atoms with Crippen LogP contribution in [-0.2, 0) is 13.0 Å². The molecular formula is C25H24N2O3. The second kappa shape index (κ2) is 9.18. The van der Waals surface area contributed by atoms with E-state index in [1.165, 1.54) is 0 Å². The molecule has 0 saturated heterocycles. The van der Waals surface area contributed by atoms with E-state index in [4.69, 9.17) is 9.47 Å². The normalized spacial score (nSPS) is 10.7. The van der Waals surface area contributed by atoms with Crippen molar-refractivity contribution < 1.29 is 14.3 Å². The molecule has 30 heavy (non-hydrogen) atoms. The second-order valence-corrected chi connectivity index (χ2v) is 7.03. The number of carbonyl (C=O) groups excluding carboxylic acids is 1. The Morgan fingerprint density at radius 2 is 1.73 bits per heavy atom. The second-order valence-electron chi connectivity index (χ2n) is 7.03. The fraction of sp³-hybridized carbons (Fsp3) is 0.160. The zero-order valence-electron chi connectivity index (χ0n) is 16.9. The van der Waals surface area contributed by atoms with E-state index in [2.05, 4.69) is 16.4 Å². The van der Waals surface area contributed by atoms with Crippen molar-refractivity contribution in [2.75, 3.05) is 13.7 Å². The van der Waals surface area contributed by atoms with Crippen LogP contribution in [0.25, 0.3) is 10.9 Å². The molecule has 0 aliphatic rings. The van der Waals surface area contributed by atoms with Gasteiger partial charge in [0.05, 0.1) is 7.11 Å². The van der Waals surface area contributed by atoms with Crippen LogP contribution in [-0.4, -0.2) is 24.5 Å². The van der Waals surface area contributed by atoms with Crippen LogP contribution >= 0.6 is 0 Å². The Balaban J connectivity index is 1.33. The lowest BCUT2D eigenvalue weighted by Gasteiger charge is -2.07. The summed E-state index contributed by atoms with van der Waals surface area (Å²) < 4.78 is 11.0. The zero-order chi connectivity index (χ0) is 20.8. The maximum atomic E-state index is 12.3. The fourth-order valence-electron chi connectivity index (χ4n) is 3.36. The number of benzene rings is 3. The van der Waals surface area contributed by atoms with Gasteiger partial charge in [0.25, 0.3) is 5.91 Å². The van der Waals surface area contributed by atoms with Crippen LogP contribution < -0.4 is 14.8 Å². The summed E-state index contributed by atoms with van der Waals surface area (Å²) >= 11 is 0. The number of aromatic amines is 1. The number of aromatic nitrogens is 1. The lowest BCUT2D eigenvalue weighted by Crippen LogP contribution is -2.25. The molecule has 2 N–H and O–H groups in total. The molecule has 1 amide bonds. The lowest BCUT2D eigenvalue weighted by molar-refractivity contribution is 0.0954. The molecule has 1 aromatic heterocycles. The molecule has 5 nitrogen and oxygen atoms in total. The summed E-state index contributed by atoms with van der Waals surface area (Å²) in [6.07, 6.45) is 2.73.